The zero-order valence-electron chi connectivity index (χ0n) is 9.13. The van der Waals surface area contributed by atoms with Crippen LogP contribution < -0.4 is 37.2 Å². The van der Waals surface area contributed by atoms with Gasteiger partial charge in [-0.1, -0.05) is 33.1 Å². The zero-order valence-corrected chi connectivity index (χ0v) is 13.0. The molecule has 1 aliphatic carbocycles. The smallest absolute Gasteiger partial charge is 1.00 e. The van der Waals surface area contributed by atoms with Crippen molar-refractivity contribution >= 4 is 0 Å². The van der Waals surface area contributed by atoms with Gasteiger partial charge in [0.25, 0.3) is 0 Å². The van der Waals surface area contributed by atoms with Gasteiger partial charge in [-0.3, -0.25) is 6.08 Å². The molecule has 4 heteroatoms. The van der Waals surface area contributed by atoms with Gasteiger partial charge in [-0.25, -0.2) is 5.57 Å². The molecule has 0 N–H and O–H groups in total. The third-order valence-corrected chi connectivity index (χ3v) is 2.56. The predicted molar refractivity (Wildman–Crippen MR) is 44.6 cm³/mol. The minimum Gasteiger partial charge on any atom is -1.00 e. The maximum Gasteiger partial charge on any atom is 4.00 e. The maximum atomic E-state index is 3.44. The van der Waals surface area contributed by atoms with Gasteiger partial charge in [-0.2, -0.15) is 11.1 Å². The van der Waals surface area contributed by atoms with Crippen molar-refractivity contribution in [1.29, 1.82) is 0 Å². The number of allylic oxidation sites excluding steroid dienone is 4. The number of halogens is 3. The molecule has 1 rings (SSSR count). The molecule has 0 saturated carbocycles. The van der Waals surface area contributed by atoms with Gasteiger partial charge in [0, 0.05) is 0 Å². The van der Waals surface area contributed by atoms with Crippen LogP contribution in [0.5, 0.6) is 0 Å². The van der Waals surface area contributed by atoms with E-state index in [2.05, 4.69) is 40.7 Å². The fourth-order valence-corrected chi connectivity index (χ4v) is 1.41. The van der Waals surface area contributed by atoms with Crippen molar-refractivity contribution < 1.29 is 58.9 Å². The third kappa shape index (κ3) is 4.72. The van der Waals surface area contributed by atoms with Crippen molar-refractivity contribution in [3.8, 4) is 0 Å². The second kappa shape index (κ2) is 8.24. The van der Waals surface area contributed by atoms with Crippen LogP contribution >= 0.6 is 0 Å². The van der Waals surface area contributed by atoms with E-state index in [1.807, 2.05) is 0 Å². The first-order chi connectivity index (χ1) is 4.45. The molecule has 0 aliphatic heterocycles. The molecule has 80 valence electrons. The second-order valence-corrected chi connectivity index (χ2v) is 3.62. The largest absolute Gasteiger partial charge is 4.00 e. The van der Waals surface area contributed by atoms with Crippen LogP contribution in [0.4, 0.5) is 0 Å². The van der Waals surface area contributed by atoms with Crippen LogP contribution in [0.1, 0.15) is 34.6 Å². The zero-order chi connectivity index (χ0) is 7.94. The molecule has 0 nitrogen and oxygen atoms in total. The third-order valence-electron chi connectivity index (χ3n) is 2.56. The summed E-state index contributed by atoms with van der Waals surface area (Å²) in [5.74, 6) is 0. The molecule has 1 aliphatic rings. The standard InChI is InChI=1S/C10H15.3ClH.Ti/c1-7-6-10(4,5)9(3)8(7)2;;;;/h1-5H3;3*1H;/q-1;;;;+4/p-3. The van der Waals surface area contributed by atoms with Crippen LogP contribution in [0.2, 0.25) is 0 Å². The Morgan fingerprint density at radius 2 is 1.29 bits per heavy atom. The summed E-state index contributed by atoms with van der Waals surface area (Å²) in [5.41, 5.74) is 4.39. The summed E-state index contributed by atoms with van der Waals surface area (Å²) in [6.45, 7) is 10.9. The van der Waals surface area contributed by atoms with Crippen LogP contribution in [0, 0.1) is 11.5 Å². The fourth-order valence-electron chi connectivity index (χ4n) is 1.41. The van der Waals surface area contributed by atoms with Crippen molar-refractivity contribution in [2.45, 2.75) is 34.6 Å². The summed E-state index contributed by atoms with van der Waals surface area (Å²) >= 11 is 0. The number of hydrogen-bond donors (Lipinski definition) is 0. The minimum atomic E-state index is 0. The van der Waals surface area contributed by atoms with E-state index < -0.39 is 0 Å². The summed E-state index contributed by atoms with van der Waals surface area (Å²) in [4.78, 5) is 0. The minimum absolute atomic E-state index is 0. The fraction of sp³-hybridized carbons (Fsp3) is 0.600. The van der Waals surface area contributed by atoms with Crippen molar-refractivity contribution in [3.05, 3.63) is 22.8 Å². The number of rotatable bonds is 0. The summed E-state index contributed by atoms with van der Waals surface area (Å²) in [6, 6.07) is 0. The van der Waals surface area contributed by atoms with Crippen LogP contribution in [-0.4, -0.2) is 0 Å². The Kier molecular flexibility index (Phi) is 14.3. The van der Waals surface area contributed by atoms with Gasteiger partial charge in [0.15, 0.2) is 0 Å². The molecular weight excluding hydrogens is 274 g/mol. The Balaban J connectivity index is -0.000000125. The molecule has 0 unspecified atom stereocenters. The summed E-state index contributed by atoms with van der Waals surface area (Å²) < 4.78 is 0. The molecule has 0 aromatic heterocycles. The molecule has 0 atom stereocenters. The summed E-state index contributed by atoms with van der Waals surface area (Å²) in [7, 11) is 0. The topological polar surface area (TPSA) is 0 Å². The second-order valence-electron chi connectivity index (χ2n) is 3.62. The summed E-state index contributed by atoms with van der Waals surface area (Å²) in [6.07, 6.45) is 3.44. The quantitative estimate of drug-likeness (QED) is 0.308. The molecule has 0 fully saturated rings. The molecule has 0 spiro atoms. The average molecular weight is 289 g/mol. The molecule has 0 heterocycles. The van der Waals surface area contributed by atoms with Crippen molar-refractivity contribution in [1.82, 2.24) is 0 Å². The van der Waals surface area contributed by atoms with Gasteiger partial charge in [0.2, 0.25) is 0 Å². The van der Waals surface area contributed by atoms with E-state index in [0.717, 1.165) is 0 Å². The Labute approximate surface area is 121 Å². The Bertz CT molecular complexity index is 230. The van der Waals surface area contributed by atoms with Gasteiger partial charge in [-0.05, 0) is 0 Å². The molecular formula is C10H15Cl3Ti. The first kappa shape index (κ1) is 24.3. The Morgan fingerprint density at radius 1 is 0.929 bits per heavy atom. The molecule has 0 aromatic carbocycles. The van der Waals surface area contributed by atoms with E-state index in [1.54, 1.807) is 0 Å². The molecule has 0 bridgehead atoms. The van der Waals surface area contributed by atoms with E-state index in [0.29, 0.717) is 0 Å². The van der Waals surface area contributed by atoms with Gasteiger partial charge in [-0.15, -0.1) is 6.92 Å². The van der Waals surface area contributed by atoms with Gasteiger partial charge in [0.1, 0.15) is 0 Å². The van der Waals surface area contributed by atoms with E-state index in [9.17, 15) is 0 Å². The van der Waals surface area contributed by atoms with E-state index in [1.165, 1.54) is 16.7 Å². The van der Waals surface area contributed by atoms with E-state index >= 15 is 0 Å². The first-order valence-corrected chi connectivity index (χ1v) is 3.75. The van der Waals surface area contributed by atoms with Gasteiger partial charge in [0.05, 0.1) is 0 Å². The molecule has 0 saturated heterocycles. The van der Waals surface area contributed by atoms with E-state index in [4.69, 9.17) is 0 Å². The van der Waals surface area contributed by atoms with Crippen LogP contribution in [0.3, 0.4) is 0 Å². The maximum absolute atomic E-state index is 3.44. The predicted octanol–water partition coefficient (Wildman–Crippen LogP) is -5.88. The van der Waals surface area contributed by atoms with Crippen LogP contribution in [0.15, 0.2) is 16.7 Å². The number of hydrogen-bond acceptors (Lipinski definition) is 0. The molecule has 0 amide bonds. The summed E-state index contributed by atoms with van der Waals surface area (Å²) in [5, 5.41) is 0. The molecule has 14 heavy (non-hydrogen) atoms. The van der Waals surface area contributed by atoms with Gasteiger partial charge >= 0.3 is 21.7 Å². The first-order valence-electron chi connectivity index (χ1n) is 3.75. The van der Waals surface area contributed by atoms with Crippen molar-refractivity contribution in [2.75, 3.05) is 0 Å². The van der Waals surface area contributed by atoms with Gasteiger partial charge < -0.3 is 37.2 Å². The average Bonchev–Trinajstić information content (AvgIpc) is 1.95. The Hall–Kier alpha value is 1.06. The van der Waals surface area contributed by atoms with Crippen molar-refractivity contribution in [3.63, 3.8) is 0 Å². The SMILES string of the molecule is CC1=[C-]C(C)(C)C(C)=C1C.[Cl-].[Cl-].[Cl-].[Ti+4]. The Morgan fingerprint density at radius 3 is 1.36 bits per heavy atom. The van der Waals surface area contributed by atoms with Crippen molar-refractivity contribution in [2.24, 2.45) is 5.41 Å². The normalized spacial score (nSPS) is 16.8. The molecule has 0 radical (unpaired) electrons. The van der Waals surface area contributed by atoms with Crippen LogP contribution in [0.25, 0.3) is 0 Å². The van der Waals surface area contributed by atoms with E-state index in [-0.39, 0.29) is 64.4 Å². The molecule has 0 aromatic rings. The van der Waals surface area contributed by atoms with Crippen LogP contribution in [-0.2, 0) is 21.7 Å². The monoisotopic (exact) mass is 288 g/mol.